The number of para-hydroxylation sites is 1. The van der Waals surface area contributed by atoms with Crippen LogP contribution in [0.4, 0.5) is 28.8 Å². The molecule has 0 aliphatic carbocycles. The third-order valence-corrected chi connectivity index (χ3v) is 4.82. The number of anilines is 5. The lowest BCUT2D eigenvalue weighted by Crippen LogP contribution is -2.36. The Balaban J connectivity index is 1.38. The van der Waals surface area contributed by atoms with Crippen molar-refractivity contribution in [2.24, 2.45) is 0 Å². The van der Waals surface area contributed by atoms with Gasteiger partial charge < -0.3 is 25.3 Å². The number of hydrogen-bond acceptors (Lipinski definition) is 7. The van der Waals surface area contributed by atoms with Crippen molar-refractivity contribution in [1.29, 1.82) is 0 Å². The van der Waals surface area contributed by atoms with Crippen LogP contribution in [0.1, 0.15) is 0 Å². The van der Waals surface area contributed by atoms with Crippen molar-refractivity contribution in [2.45, 2.75) is 0 Å². The fourth-order valence-corrected chi connectivity index (χ4v) is 3.34. The smallest absolute Gasteiger partial charge is 0.231 e. The summed E-state index contributed by atoms with van der Waals surface area (Å²) in [7, 11) is 0. The maximum Gasteiger partial charge on any atom is 0.231 e. The van der Waals surface area contributed by atoms with Gasteiger partial charge in [-0.1, -0.05) is 18.2 Å². The van der Waals surface area contributed by atoms with Gasteiger partial charge in [-0.05, 0) is 36.4 Å². The number of nitrogens with one attached hydrogen (secondary N) is 3. The van der Waals surface area contributed by atoms with E-state index in [1.54, 1.807) is 6.33 Å². The topological polar surface area (TPSA) is 91.0 Å². The van der Waals surface area contributed by atoms with E-state index in [-0.39, 0.29) is 0 Å². The fourth-order valence-electron chi connectivity index (χ4n) is 3.34. The predicted molar refractivity (Wildman–Crippen MR) is 114 cm³/mol. The maximum atomic E-state index is 5.42. The lowest BCUT2D eigenvalue weighted by Gasteiger charge is -2.28. The number of aromatic nitrogens is 4. The first-order valence-corrected chi connectivity index (χ1v) is 9.58. The molecule has 8 heteroatoms. The average molecular weight is 387 g/mol. The molecule has 0 spiro atoms. The van der Waals surface area contributed by atoms with E-state index in [1.165, 1.54) is 5.69 Å². The summed E-state index contributed by atoms with van der Waals surface area (Å²) in [6, 6.07) is 18.2. The van der Waals surface area contributed by atoms with Crippen LogP contribution < -0.4 is 15.5 Å². The van der Waals surface area contributed by atoms with E-state index in [0.717, 1.165) is 43.2 Å². The van der Waals surface area contributed by atoms with Crippen LogP contribution in [0, 0.1) is 0 Å². The Kier molecular flexibility index (Phi) is 4.67. The van der Waals surface area contributed by atoms with E-state index in [1.807, 2.05) is 42.5 Å². The molecule has 0 unspecified atom stereocenters. The maximum absolute atomic E-state index is 5.42. The number of fused-ring (bicyclic) bond motifs is 1. The number of hydrogen-bond donors (Lipinski definition) is 3. The molecule has 1 aliphatic rings. The van der Waals surface area contributed by atoms with Gasteiger partial charge in [0.25, 0.3) is 0 Å². The van der Waals surface area contributed by atoms with Crippen LogP contribution in [0.2, 0.25) is 0 Å². The molecule has 8 nitrogen and oxygen atoms in total. The monoisotopic (exact) mass is 387 g/mol. The normalized spacial score (nSPS) is 14.1. The fraction of sp³-hybridized carbons (Fsp3) is 0.190. The van der Waals surface area contributed by atoms with Crippen LogP contribution in [-0.2, 0) is 4.74 Å². The zero-order valence-electron chi connectivity index (χ0n) is 15.8. The molecule has 3 N–H and O–H groups in total. The number of morpholine rings is 1. The van der Waals surface area contributed by atoms with Crippen molar-refractivity contribution in [1.82, 2.24) is 19.9 Å². The highest BCUT2D eigenvalue weighted by Crippen LogP contribution is 2.25. The van der Waals surface area contributed by atoms with Crippen LogP contribution in [0.5, 0.6) is 0 Å². The molecule has 146 valence electrons. The largest absolute Gasteiger partial charge is 0.378 e. The van der Waals surface area contributed by atoms with Crippen molar-refractivity contribution in [2.75, 3.05) is 41.8 Å². The van der Waals surface area contributed by atoms with E-state index in [4.69, 9.17) is 4.74 Å². The Hall–Kier alpha value is -3.65. The summed E-state index contributed by atoms with van der Waals surface area (Å²) in [6.45, 7) is 3.38. The summed E-state index contributed by atoms with van der Waals surface area (Å²) in [5, 5.41) is 6.61. The predicted octanol–water partition coefficient (Wildman–Crippen LogP) is 3.68. The quantitative estimate of drug-likeness (QED) is 0.481. The van der Waals surface area contributed by atoms with Gasteiger partial charge in [-0.3, -0.25) is 0 Å². The number of benzene rings is 2. The third-order valence-electron chi connectivity index (χ3n) is 4.82. The standard InChI is InChI=1S/C21H21N7O/c1-2-4-15(5-3-1)24-20-18-19(23-14-22-18)26-21(27-20)25-16-6-8-17(9-7-16)28-10-12-29-13-11-28/h1-9,14H,10-13H2,(H3,22,23,24,25,26,27). The summed E-state index contributed by atoms with van der Waals surface area (Å²) >= 11 is 0. The van der Waals surface area contributed by atoms with E-state index in [0.29, 0.717) is 17.4 Å². The van der Waals surface area contributed by atoms with Crippen molar-refractivity contribution >= 4 is 40.0 Å². The summed E-state index contributed by atoms with van der Waals surface area (Å²) in [5.41, 5.74) is 4.42. The summed E-state index contributed by atoms with van der Waals surface area (Å²) in [4.78, 5) is 18.9. The highest BCUT2D eigenvalue weighted by atomic mass is 16.5. The molecule has 4 aromatic rings. The molecule has 0 amide bonds. The van der Waals surface area contributed by atoms with E-state index in [9.17, 15) is 0 Å². The van der Waals surface area contributed by atoms with Crippen molar-refractivity contribution in [3.63, 3.8) is 0 Å². The zero-order chi connectivity index (χ0) is 19.5. The lowest BCUT2D eigenvalue weighted by molar-refractivity contribution is 0.122. The molecular formula is C21H21N7O. The molecule has 5 rings (SSSR count). The number of ether oxygens (including phenoxy) is 1. The van der Waals surface area contributed by atoms with E-state index < -0.39 is 0 Å². The molecule has 1 fully saturated rings. The first-order valence-electron chi connectivity index (χ1n) is 9.58. The molecule has 2 aromatic carbocycles. The van der Waals surface area contributed by atoms with E-state index in [2.05, 4.69) is 47.6 Å². The zero-order valence-corrected chi connectivity index (χ0v) is 15.8. The van der Waals surface area contributed by atoms with Crippen LogP contribution in [0.15, 0.2) is 60.9 Å². The Morgan fingerprint density at radius 1 is 0.862 bits per heavy atom. The molecule has 1 aliphatic heterocycles. The summed E-state index contributed by atoms with van der Waals surface area (Å²) in [5.74, 6) is 1.16. The Bertz CT molecular complexity index is 1090. The van der Waals surface area contributed by atoms with Gasteiger partial charge in [0.05, 0.1) is 19.5 Å². The SMILES string of the molecule is c1ccc(Nc2nc(Nc3ccc(N4CCOCC4)cc3)nc3nc[nH]c23)cc1. The lowest BCUT2D eigenvalue weighted by atomic mass is 10.2. The molecule has 3 heterocycles. The van der Waals surface area contributed by atoms with E-state index >= 15 is 0 Å². The van der Waals surface area contributed by atoms with Gasteiger partial charge in [-0.25, -0.2) is 4.98 Å². The number of aromatic amines is 1. The second-order valence-corrected chi connectivity index (χ2v) is 6.76. The second-order valence-electron chi connectivity index (χ2n) is 6.76. The van der Waals surface area contributed by atoms with Crippen molar-refractivity contribution in [3.05, 3.63) is 60.9 Å². The number of nitrogens with zero attached hydrogens (tertiary/aromatic N) is 4. The molecule has 0 saturated carbocycles. The first kappa shape index (κ1) is 17.4. The van der Waals surface area contributed by atoms with Gasteiger partial charge in [-0.15, -0.1) is 0 Å². The second kappa shape index (κ2) is 7.76. The van der Waals surface area contributed by atoms with Crippen molar-refractivity contribution in [3.8, 4) is 0 Å². The number of H-pyrrole nitrogens is 1. The minimum absolute atomic E-state index is 0.488. The van der Waals surface area contributed by atoms with Gasteiger partial charge in [0, 0.05) is 30.2 Å². The minimum Gasteiger partial charge on any atom is -0.378 e. The first-order chi connectivity index (χ1) is 14.3. The number of rotatable bonds is 5. The van der Waals surface area contributed by atoms with Gasteiger partial charge >= 0.3 is 0 Å². The minimum atomic E-state index is 0.488. The highest BCUT2D eigenvalue weighted by Gasteiger charge is 2.13. The van der Waals surface area contributed by atoms with Gasteiger partial charge in [0.15, 0.2) is 11.5 Å². The molecule has 29 heavy (non-hydrogen) atoms. The van der Waals surface area contributed by atoms with Gasteiger partial charge in [-0.2, -0.15) is 9.97 Å². The summed E-state index contributed by atoms with van der Waals surface area (Å²) < 4.78 is 5.42. The van der Waals surface area contributed by atoms with Crippen LogP contribution in [0.25, 0.3) is 11.2 Å². The number of imidazole rings is 1. The Morgan fingerprint density at radius 3 is 2.41 bits per heavy atom. The van der Waals surface area contributed by atoms with Gasteiger partial charge in [0.2, 0.25) is 5.95 Å². The molecule has 0 atom stereocenters. The Labute approximate surface area is 168 Å². The van der Waals surface area contributed by atoms with Gasteiger partial charge in [0.1, 0.15) is 5.52 Å². The molecular weight excluding hydrogens is 366 g/mol. The van der Waals surface area contributed by atoms with Crippen molar-refractivity contribution < 1.29 is 4.74 Å². The molecule has 0 radical (unpaired) electrons. The molecule has 2 aromatic heterocycles. The highest BCUT2D eigenvalue weighted by molar-refractivity contribution is 5.86. The van der Waals surface area contributed by atoms with Crippen LogP contribution in [-0.4, -0.2) is 46.2 Å². The molecule has 0 bridgehead atoms. The third kappa shape index (κ3) is 3.83. The molecule has 1 saturated heterocycles. The average Bonchev–Trinajstić information content (AvgIpc) is 3.25. The Morgan fingerprint density at radius 2 is 1.62 bits per heavy atom. The van der Waals surface area contributed by atoms with Crippen LogP contribution in [0.3, 0.4) is 0 Å². The van der Waals surface area contributed by atoms with Crippen LogP contribution >= 0.6 is 0 Å². The summed E-state index contributed by atoms with van der Waals surface area (Å²) in [6.07, 6.45) is 1.62.